The molecular formula is C53H87NO5. The first-order valence-electron chi connectivity index (χ1n) is 23.7. The third-order valence-corrected chi connectivity index (χ3v) is 10.1. The van der Waals surface area contributed by atoms with Gasteiger partial charge in [-0.05, 0) is 38.5 Å². The van der Waals surface area contributed by atoms with E-state index in [9.17, 15) is 19.8 Å². The molecule has 3 atom stereocenters. The summed E-state index contributed by atoms with van der Waals surface area (Å²) in [6, 6.07) is -0.754. The quantitative estimate of drug-likeness (QED) is 0.0325. The zero-order valence-electron chi connectivity index (χ0n) is 37.8. The summed E-state index contributed by atoms with van der Waals surface area (Å²) in [7, 11) is 0. The molecule has 0 bridgehead atoms. The molecule has 334 valence electrons. The Morgan fingerprint density at radius 1 is 0.525 bits per heavy atom. The minimum atomic E-state index is -0.831. The van der Waals surface area contributed by atoms with E-state index >= 15 is 0 Å². The zero-order valence-corrected chi connectivity index (χ0v) is 37.8. The Kier molecular flexibility index (Phi) is 42.9. The number of hydrogen-bond donors (Lipinski definition) is 3. The van der Waals surface area contributed by atoms with Crippen molar-refractivity contribution in [3.8, 4) is 0 Å². The molecule has 0 aliphatic rings. The molecule has 0 aliphatic carbocycles. The van der Waals surface area contributed by atoms with Crippen molar-refractivity contribution < 1.29 is 24.5 Å². The summed E-state index contributed by atoms with van der Waals surface area (Å²) >= 11 is 0. The molecule has 0 saturated heterocycles. The van der Waals surface area contributed by atoms with E-state index in [-0.39, 0.29) is 24.9 Å². The summed E-state index contributed by atoms with van der Waals surface area (Å²) in [6.45, 7) is 6.13. The van der Waals surface area contributed by atoms with Gasteiger partial charge in [0.15, 0.2) is 0 Å². The monoisotopic (exact) mass is 818 g/mol. The Labute approximate surface area is 362 Å². The van der Waals surface area contributed by atoms with Crippen LogP contribution in [-0.2, 0) is 14.3 Å². The van der Waals surface area contributed by atoms with Crippen LogP contribution in [0.5, 0.6) is 0 Å². The molecule has 0 radical (unpaired) electrons. The van der Waals surface area contributed by atoms with Crippen LogP contribution in [0.1, 0.15) is 188 Å². The van der Waals surface area contributed by atoms with Crippen molar-refractivity contribution in [2.75, 3.05) is 6.61 Å². The number of nitrogens with one attached hydrogen (secondary N) is 1. The van der Waals surface area contributed by atoms with Crippen molar-refractivity contribution in [1.29, 1.82) is 0 Å². The second-order valence-corrected chi connectivity index (χ2v) is 15.6. The lowest BCUT2D eigenvalue weighted by Crippen LogP contribution is -2.46. The minimum absolute atomic E-state index is 0.0412. The van der Waals surface area contributed by atoms with Gasteiger partial charge in [0.05, 0.1) is 25.2 Å². The van der Waals surface area contributed by atoms with E-state index in [1.165, 1.54) is 83.5 Å². The molecule has 0 rings (SSSR count). The van der Waals surface area contributed by atoms with Gasteiger partial charge >= 0.3 is 5.97 Å². The lowest BCUT2D eigenvalue weighted by Gasteiger charge is -2.24. The molecule has 0 spiro atoms. The third-order valence-electron chi connectivity index (χ3n) is 10.1. The van der Waals surface area contributed by atoms with Gasteiger partial charge in [-0.3, -0.25) is 9.59 Å². The Morgan fingerprint density at radius 2 is 0.949 bits per heavy atom. The molecule has 0 aromatic heterocycles. The Balaban J connectivity index is 4.71. The van der Waals surface area contributed by atoms with Crippen LogP contribution in [0.3, 0.4) is 0 Å². The first kappa shape index (κ1) is 55.5. The number of aliphatic hydroxyl groups excluding tert-OH is 2. The van der Waals surface area contributed by atoms with Crippen molar-refractivity contribution in [3.63, 3.8) is 0 Å². The van der Waals surface area contributed by atoms with Crippen molar-refractivity contribution in [2.24, 2.45) is 0 Å². The lowest BCUT2D eigenvalue weighted by molar-refractivity contribution is -0.150. The maximum absolute atomic E-state index is 13.1. The summed E-state index contributed by atoms with van der Waals surface area (Å²) < 4.78 is 5.80. The van der Waals surface area contributed by atoms with Gasteiger partial charge < -0.3 is 20.3 Å². The average molecular weight is 818 g/mol. The molecule has 59 heavy (non-hydrogen) atoms. The SMILES string of the molecule is CC/C=C/C=C/C=C\C=C/C=C/CC(CC(=O)NC(CO)C(O)CCCCCCCCCCCCCCCCCC)OC(=O)CCCCC\C=C/C=C\C=C\C=C\CC. The number of hydrogen-bond acceptors (Lipinski definition) is 5. The number of aliphatic hydroxyl groups is 2. The summed E-state index contributed by atoms with van der Waals surface area (Å²) in [4.78, 5) is 25.9. The van der Waals surface area contributed by atoms with Crippen molar-refractivity contribution in [2.45, 2.75) is 206 Å². The van der Waals surface area contributed by atoms with Crippen molar-refractivity contribution in [1.82, 2.24) is 5.32 Å². The third kappa shape index (κ3) is 41.1. The van der Waals surface area contributed by atoms with Gasteiger partial charge in [-0.1, -0.05) is 239 Å². The number of unbranched alkanes of at least 4 members (excludes halogenated alkanes) is 18. The second kappa shape index (κ2) is 45.6. The van der Waals surface area contributed by atoms with Crippen LogP contribution in [-0.4, -0.2) is 46.9 Å². The highest BCUT2D eigenvalue weighted by atomic mass is 16.5. The number of carbonyl (C=O) groups excluding carboxylic acids is 2. The van der Waals surface area contributed by atoms with Gasteiger partial charge in [0.2, 0.25) is 5.91 Å². The average Bonchev–Trinajstić information content (AvgIpc) is 3.23. The zero-order chi connectivity index (χ0) is 43.1. The van der Waals surface area contributed by atoms with Crippen molar-refractivity contribution >= 4 is 11.9 Å². The predicted octanol–water partition coefficient (Wildman–Crippen LogP) is 13.9. The Morgan fingerprint density at radius 3 is 1.42 bits per heavy atom. The van der Waals surface area contributed by atoms with E-state index in [2.05, 4.69) is 44.3 Å². The van der Waals surface area contributed by atoms with Gasteiger partial charge in [-0.2, -0.15) is 0 Å². The van der Waals surface area contributed by atoms with Gasteiger partial charge in [-0.25, -0.2) is 0 Å². The highest BCUT2D eigenvalue weighted by Gasteiger charge is 2.23. The number of allylic oxidation sites excluding steroid dienone is 17. The molecule has 3 unspecified atom stereocenters. The van der Waals surface area contributed by atoms with Gasteiger partial charge in [0.25, 0.3) is 0 Å². The topological polar surface area (TPSA) is 95.9 Å². The van der Waals surface area contributed by atoms with E-state index in [1.807, 2.05) is 91.1 Å². The Bertz CT molecular complexity index is 1240. The molecule has 0 fully saturated rings. The molecule has 1 amide bonds. The number of rotatable bonds is 40. The van der Waals surface area contributed by atoms with Crippen LogP contribution in [0.4, 0.5) is 0 Å². The standard InChI is InChI=1S/C53H87NO5/c1-4-7-10-13-16-19-22-24-25-26-28-30-33-36-39-42-45-51(56)50(48-55)54-52(57)47-49(44-41-38-35-32-29-21-18-15-12-9-6-3)59-53(58)46-43-40-37-34-31-27-23-20-17-14-11-8-5-2/h8-9,11-12,14-15,17-18,20-21,23,27,29,31-32,35,38,41,49-51,55-56H,4-7,10,13,16,19,22,24-26,28,30,33-34,36-37,39-40,42-48H2,1-3H3,(H,54,57)/b11-8+,12-9+,17-14+,18-15+,23-20-,29-21-,31-27-,35-32-,41-38+. The molecule has 0 aromatic carbocycles. The fourth-order valence-electron chi connectivity index (χ4n) is 6.52. The molecule has 3 N–H and O–H groups in total. The summed E-state index contributed by atoms with van der Waals surface area (Å²) in [6.07, 6.45) is 61.7. The number of amides is 1. The first-order valence-corrected chi connectivity index (χ1v) is 23.7. The van der Waals surface area contributed by atoms with Crippen LogP contribution in [0.25, 0.3) is 0 Å². The molecule has 0 heterocycles. The molecular weight excluding hydrogens is 731 g/mol. The summed E-state index contributed by atoms with van der Waals surface area (Å²) in [5.41, 5.74) is 0. The van der Waals surface area contributed by atoms with Crippen molar-refractivity contribution in [3.05, 3.63) is 109 Å². The number of ether oxygens (including phenoxy) is 1. The highest BCUT2D eigenvalue weighted by molar-refractivity contribution is 5.77. The Hall–Kier alpha value is -3.48. The fraction of sp³-hybridized carbons (Fsp3) is 0.623. The van der Waals surface area contributed by atoms with E-state index < -0.39 is 18.2 Å². The molecule has 0 saturated carbocycles. The molecule has 0 aromatic rings. The minimum Gasteiger partial charge on any atom is -0.461 e. The molecule has 0 aliphatic heterocycles. The van der Waals surface area contributed by atoms with Crippen LogP contribution < -0.4 is 5.32 Å². The normalized spacial score (nSPS) is 14.3. The lowest BCUT2D eigenvalue weighted by atomic mass is 10.0. The fourth-order valence-corrected chi connectivity index (χ4v) is 6.52. The number of carbonyl (C=O) groups is 2. The van der Waals surface area contributed by atoms with Gasteiger partial charge in [0.1, 0.15) is 6.10 Å². The van der Waals surface area contributed by atoms with Gasteiger partial charge in [-0.15, -0.1) is 0 Å². The molecule has 6 nitrogen and oxygen atoms in total. The summed E-state index contributed by atoms with van der Waals surface area (Å²) in [5, 5.41) is 23.6. The van der Waals surface area contributed by atoms with E-state index in [0.717, 1.165) is 57.8 Å². The van der Waals surface area contributed by atoms with Crippen LogP contribution in [0.2, 0.25) is 0 Å². The van der Waals surface area contributed by atoms with Crippen LogP contribution in [0, 0.1) is 0 Å². The maximum atomic E-state index is 13.1. The van der Waals surface area contributed by atoms with Crippen LogP contribution in [0.15, 0.2) is 109 Å². The predicted molar refractivity (Wildman–Crippen MR) is 254 cm³/mol. The highest BCUT2D eigenvalue weighted by Crippen LogP contribution is 2.16. The largest absolute Gasteiger partial charge is 0.461 e. The van der Waals surface area contributed by atoms with Crippen LogP contribution >= 0.6 is 0 Å². The first-order chi connectivity index (χ1) is 29.0. The molecule has 6 heteroatoms. The van der Waals surface area contributed by atoms with E-state index in [0.29, 0.717) is 19.3 Å². The maximum Gasteiger partial charge on any atom is 0.306 e. The van der Waals surface area contributed by atoms with E-state index in [1.54, 1.807) is 0 Å². The number of esters is 1. The summed E-state index contributed by atoms with van der Waals surface area (Å²) in [5.74, 6) is -0.666. The van der Waals surface area contributed by atoms with E-state index in [4.69, 9.17) is 4.74 Å². The smallest absolute Gasteiger partial charge is 0.306 e. The van der Waals surface area contributed by atoms with Gasteiger partial charge in [0, 0.05) is 12.8 Å². The second-order valence-electron chi connectivity index (χ2n) is 15.6.